The van der Waals surface area contributed by atoms with E-state index in [2.05, 4.69) is 15.9 Å². The minimum atomic E-state index is -1.46. The van der Waals surface area contributed by atoms with E-state index in [9.17, 15) is 13.9 Å². The third-order valence-corrected chi connectivity index (χ3v) is 2.72. The number of aliphatic hydroxyl groups excluding tert-OH is 1. The van der Waals surface area contributed by atoms with Crippen molar-refractivity contribution in [2.24, 2.45) is 5.73 Å². The molecule has 84 valence electrons. The van der Waals surface area contributed by atoms with Gasteiger partial charge in [0.05, 0.1) is 16.1 Å². The van der Waals surface area contributed by atoms with E-state index < -0.39 is 35.1 Å². The Morgan fingerprint density at radius 1 is 1.47 bits per heavy atom. The molecule has 0 heterocycles. The van der Waals surface area contributed by atoms with E-state index in [1.165, 1.54) is 6.92 Å². The molecule has 0 aliphatic rings. The van der Waals surface area contributed by atoms with Crippen molar-refractivity contribution in [1.82, 2.24) is 0 Å². The summed E-state index contributed by atoms with van der Waals surface area (Å²) in [5.74, 6) is -2.64. The molecule has 0 saturated carbocycles. The highest BCUT2D eigenvalue weighted by Crippen LogP contribution is 2.34. The van der Waals surface area contributed by atoms with E-state index in [0.29, 0.717) is 6.07 Å². The van der Waals surface area contributed by atoms with E-state index >= 15 is 0 Å². The maximum atomic E-state index is 13.5. The fraction of sp³-hybridized carbons (Fsp3) is 0.333. The topological polar surface area (TPSA) is 66.5 Å². The normalized spacial score (nSPS) is 15.1. The van der Waals surface area contributed by atoms with Crippen molar-refractivity contribution >= 4 is 15.9 Å². The Morgan fingerprint density at radius 3 is 2.47 bits per heavy atom. The summed E-state index contributed by atoms with van der Waals surface area (Å²) in [5, 5.41) is 18.6. The molecule has 3 nitrogen and oxygen atoms in total. The van der Waals surface area contributed by atoms with Gasteiger partial charge in [0, 0.05) is 12.1 Å². The number of rotatable bonds is 2. The van der Waals surface area contributed by atoms with Gasteiger partial charge in [-0.1, -0.05) is 0 Å². The molecular formula is C9H10BrF2NO2. The van der Waals surface area contributed by atoms with E-state index in [1.54, 1.807) is 0 Å². The van der Waals surface area contributed by atoms with Gasteiger partial charge in [-0.25, -0.2) is 8.78 Å². The Labute approximate surface area is 93.7 Å². The number of halogens is 3. The fourth-order valence-electron chi connectivity index (χ4n) is 1.13. The second kappa shape index (κ2) is 4.42. The summed E-state index contributed by atoms with van der Waals surface area (Å²) >= 11 is 2.74. The standard InChI is InChI=1S/C9H10BrF2NO2/c1-3(13)9(15)6-4(11)2-5(14)7(10)8(6)12/h2-3,9,14-15H,13H2,1H3. The van der Waals surface area contributed by atoms with Crippen LogP contribution < -0.4 is 5.73 Å². The quantitative estimate of drug-likeness (QED) is 0.725. The van der Waals surface area contributed by atoms with Gasteiger partial charge >= 0.3 is 0 Å². The summed E-state index contributed by atoms with van der Waals surface area (Å²) in [6.45, 7) is 1.42. The Hall–Kier alpha value is -0.720. The summed E-state index contributed by atoms with van der Waals surface area (Å²) in [6.07, 6.45) is -1.46. The lowest BCUT2D eigenvalue weighted by molar-refractivity contribution is 0.143. The molecule has 4 N–H and O–H groups in total. The molecule has 15 heavy (non-hydrogen) atoms. The van der Waals surface area contributed by atoms with Gasteiger partial charge in [0.15, 0.2) is 0 Å². The molecule has 0 radical (unpaired) electrons. The van der Waals surface area contributed by atoms with Crippen LogP contribution in [0.15, 0.2) is 10.5 Å². The molecule has 0 aliphatic carbocycles. The first-order chi connectivity index (χ1) is 6.86. The van der Waals surface area contributed by atoms with Crippen LogP contribution in [0, 0.1) is 11.6 Å². The van der Waals surface area contributed by atoms with Gasteiger partial charge in [0.25, 0.3) is 0 Å². The zero-order valence-corrected chi connectivity index (χ0v) is 9.42. The molecule has 1 aromatic rings. The molecule has 0 aromatic heterocycles. The molecule has 0 amide bonds. The van der Waals surface area contributed by atoms with Gasteiger partial charge in [-0.2, -0.15) is 0 Å². The van der Waals surface area contributed by atoms with Crippen LogP contribution in [0.1, 0.15) is 18.6 Å². The fourth-order valence-corrected chi connectivity index (χ4v) is 1.46. The van der Waals surface area contributed by atoms with Crippen molar-refractivity contribution in [1.29, 1.82) is 0 Å². The number of nitrogens with two attached hydrogens (primary N) is 1. The molecule has 0 aliphatic heterocycles. The summed E-state index contributed by atoms with van der Waals surface area (Å²) < 4.78 is 26.4. The van der Waals surface area contributed by atoms with Gasteiger partial charge in [0.2, 0.25) is 0 Å². The Bertz CT molecular complexity index is 385. The van der Waals surface area contributed by atoms with E-state index in [1.807, 2.05) is 0 Å². The van der Waals surface area contributed by atoms with Crippen LogP contribution >= 0.6 is 15.9 Å². The molecule has 2 atom stereocenters. The van der Waals surface area contributed by atoms with Crippen LogP contribution in [0.5, 0.6) is 5.75 Å². The van der Waals surface area contributed by atoms with Gasteiger partial charge in [-0.15, -0.1) is 0 Å². The van der Waals surface area contributed by atoms with Crippen LogP contribution in [0.3, 0.4) is 0 Å². The molecule has 0 spiro atoms. The van der Waals surface area contributed by atoms with Crippen LogP contribution in [0.25, 0.3) is 0 Å². The lowest BCUT2D eigenvalue weighted by Crippen LogP contribution is -2.26. The number of hydrogen-bond acceptors (Lipinski definition) is 3. The molecule has 0 saturated heterocycles. The van der Waals surface area contributed by atoms with Crippen molar-refractivity contribution in [3.05, 3.63) is 27.7 Å². The number of aliphatic hydroxyl groups is 1. The maximum absolute atomic E-state index is 13.5. The van der Waals surface area contributed by atoms with Gasteiger partial charge in [-0.3, -0.25) is 0 Å². The number of phenols is 1. The first-order valence-electron chi connectivity index (χ1n) is 4.16. The maximum Gasteiger partial charge on any atom is 0.149 e. The first kappa shape index (κ1) is 12.4. The molecular weight excluding hydrogens is 272 g/mol. The summed E-state index contributed by atoms with van der Waals surface area (Å²) in [6, 6.07) is -0.0980. The Kier molecular flexibility index (Phi) is 3.64. The highest BCUT2D eigenvalue weighted by Gasteiger charge is 2.24. The summed E-state index contributed by atoms with van der Waals surface area (Å²) in [5.41, 5.74) is 4.79. The third kappa shape index (κ3) is 2.27. The molecule has 0 bridgehead atoms. The van der Waals surface area contributed by atoms with E-state index in [-0.39, 0.29) is 4.47 Å². The number of aromatic hydroxyl groups is 1. The van der Waals surface area contributed by atoms with Crippen molar-refractivity contribution in [3.63, 3.8) is 0 Å². The molecule has 2 unspecified atom stereocenters. The van der Waals surface area contributed by atoms with Crippen molar-refractivity contribution in [2.75, 3.05) is 0 Å². The van der Waals surface area contributed by atoms with E-state index in [0.717, 1.165) is 0 Å². The highest BCUT2D eigenvalue weighted by atomic mass is 79.9. The SMILES string of the molecule is CC(N)C(O)c1c(F)cc(O)c(Br)c1F. The van der Waals surface area contributed by atoms with Crippen molar-refractivity contribution in [2.45, 2.75) is 19.1 Å². The van der Waals surface area contributed by atoms with Gasteiger partial charge in [0.1, 0.15) is 17.4 Å². The summed E-state index contributed by atoms with van der Waals surface area (Å²) in [4.78, 5) is 0. The van der Waals surface area contributed by atoms with Crippen molar-refractivity contribution < 1.29 is 19.0 Å². The van der Waals surface area contributed by atoms with E-state index in [4.69, 9.17) is 10.8 Å². The monoisotopic (exact) mass is 281 g/mol. The predicted molar refractivity (Wildman–Crippen MR) is 54.3 cm³/mol. The predicted octanol–water partition coefficient (Wildman–Crippen LogP) is 1.81. The Balaban J connectivity index is 3.36. The molecule has 1 aromatic carbocycles. The second-order valence-corrected chi connectivity index (χ2v) is 4.02. The molecule has 0 fully saturated rings. The van der Waals surface area contributed by atoms with Crippen molar-refractivity contribution in [3.8, 4) is 5.75 Å². The van der Waals surface area contributed by atoms with Crippen LogP contribution in [-0.2, 0) is 0 Å². The number of phenolic OH excluding ortho intramolecular Hbond substituents is 1. The average molecular weight is 282 g/mol. The average Bonchev–Trinajstić information content (AvgIpc) is 2.14. The lowest BCUT2D eigenvalue weighted by atomic mass is 10.0. The minimum absolute atomic E-state index is 0.293. The minimum Gasteiger partial charge on any atom is -0.507 e. The number of benzene rings is 1. The largest absolute Gasteiger partial charge is 0.507 e. The second-order valence-electron chi connectivity index (χ2n) is 3.22. The van der Waals surface area contributed by atoms with Gasteiger partial charge in [-0.05, 0) is 22.9 Å². The smallest absolute Gasteiger partial charge is 0.149 e. The number of hydrogen-bond donors (Lipinski definition) is 3. The first-order valence-corrected chi connectivity index (χ1v) is 4.95. The van der Waals surface area contributed by atoms with Crippen LogP contribution in [-0.4, -0.2) is 16.3 Å². The molecule has 1 rings (SSSR count). The lowest BCUT2D eigenvalue weighted by Gasteiger charge is -2.17. The Morgan fingerprint density at radius 2 is 2.00 bits per heavy atom. The zero-order valence-electron chi connectivity index (χ0n) is 7.84. The van der Waals surface area contributed by atoms with Crippen LogP contribution in [0.4, 0.5) is 8.78 Å². The van der Waals surface area contributed by atoms with Crippen LogP contribution in [0.2, 0.25) is 0 Å². The zero-order chi connectivity index (χ0) is 11.7. The molecule has 6 heteroatoms. The summed E-state index contributed by atoms with van der Waals surface area (Å²) in [7, 11) is 0. The highest BCUT2D eigenvalue weighted by molar-refractivity contribution is 9.10. The third-order valence-electron chi connectivity index (χ3n) is 1.97. The van der Waals surface area contributed by atoms with Gasteiger partial charge < -0.3 is 15.9 Å².